The van der Waals surface area contributed by atoms with E-state index in [1.807, 2.05) is 12.1 Å². The van der Waals surface area contributed by atoms with Gasteiger partial charge in [-0.3, -0.25) is 0 Å². The average molecular weight is 295 g/mol. The van der Waals surface area contributed by atoms with E-state index >= 15 is 0 Å². The summed E-state index contributed by atoms with van der Waals surface area (Å²) in [6, 6.07) is 10.2. The summed E-state index contributed by atoms with van der Waals surface area (Å²) in [4.78, 5) is 1.23. The number of rotatable bonds is 3. The zero-order valence-corrected chi connectivity index (χ0v) is 11.3. The van der Waals surface area contributed by atoms with Gasteiger partial charge in [0.1, 0.15) is 0 Å². The fraction of sp³-hybridized carbons (Fsp3) is 0.200. The second-order valence-electron chi connectivity index (χ2n) is 4.66. The van der Waals surface area contributed by atoms with Crippen LogP contribution in [0.15, 0.2) is 41.3 Å². The lowest BCUT2D eigenvalue weighted by Gasteiger charge is -2.12. The molecule has 1 atom stereocenters. The van der Waals surface area contributed by atoms with Crippen LogP contribution in [-0.2, 0) is 6.42 Å². The summed E-state index contributed by atoms with van der Waals surface area (Å²) in [5, 5.41) is 3.12. The van der Waals surface area contributed by atoms with Crippen molar-refractivity contribution in [3.63, 3.8) is 0 Å². The molecule has 1 N–H and O–H groups in total. The Hall–Kier alpha value is -1.62. The molecule has 0 spiro atoms. The van der Waals surface area contributed by atoms with Crippen LogP contribution >= 0.6 is 11.8 Å². The number of halogens is 3. The highest BCUT2D eigenvalue weighted by Gasteiger charge is 2.22. The minimum Gasteiger partial charge on any atom is -0.381 e. The van der Waals surface area contributed by atoms with Crippen molar-refractivity contribution in [2.75, 3.05) is 11.9 Å². The molecule has 0 bridgehead atoms. The fourth-order valence-corrected chi connectivity index (χ4v) is 3.50. The van der Waals surface area contributed by atoms with E-state index in [9.17, 15) is 13.2 Å². The summed E-state index contributed by atoms with van der Waals surface area (Å²) >= 11 is 1.72. The zero-order valence-electron chi connectivity index (χ0n) is 10.5. The van der Waals surface area contributed by atoms with Crippen molar-refractivity contribution in [2.45, 2.75) is 16.6 Å². The molecule has 0 amide bonds. The van der Waals surface area contributed by atoms with Gasteiger partial charge in [0.05, 0.1) is 5.69 Å². The summed E-state index contributed by atoms with van der Waals surface area (Å²) in [5.41, 5.74) is 1.27. The average Bonchev–Trinajstić information content (AvgIpc) is 2.87. The topological polar surface area (TPSA) is 12.0 Å². The largest absolute Gasteiger partial charge is 0.381 e. The van der Waals surface area contributed by atoms with Gasteiger partial charge in [-0.05, 0) is 30.2 Å². The first-order valence-corrected chi connectivity index (χ1v) is 7.15. The molecule has 0 aliphatic carbocycles. The second kappa shape index (κ2) is 5.40. The standard InChI is InChI=1S/C15H12F3NS/c16-11-5-6-12(15(18)14(11)17)19-8-10-7-9-3-1-2-4-13(9)20-10/h1-6,10,19H,7-8H2. The molecule has 20 heavy (non-hydrogen) atoms. The van der Waals surface area contributed by atoms with Gasteiger partial charge in [-0.2, -0.15) is 0 Å². The maximum atomic E-state index is 13.5. The van der Waals surface area contributed by atoms with E-state index in [2.05, 4.69) is 17.4 Å². The van der Waals surface area contributed by atoms with Gasteiger partial charge in [0.25, 0.3) is 0 Å². The highest BCUT2D eigenvalue weighted by atomic mass is 32.2. The monoisotopic (exact) mass is 295 g/mol. The normalized spacial score (nSPS) is 17.1. The van der Waals surface area contributed by atoms with Crippen molar-refractivity contribution in [2.24, 2.45) is 0 Å². The van der Waals surface area contributed by atoms with Gasteiger partial charge >= 0.3 is 0 Å². The predicted octanol–water partition coefficient (Wildman–Crippen LogP) is 4.23. The molecule has 0 radical (unpaired) electrons. The second-order valence-corrected chi connectivity index (χ2v) is 6.00. The molecule has 2 aromatic rings. The number of benzene rings is 2. The summed E-state index contributed by atoms with van der Waals surface area (Å²) < 4.78 is 39.5. The van der Waals surface area contributed by atoms with Gasteiger partial charge in [-0.15, -0.1) is 11.8 Å². The summed E-state index contributed by atoms with van der Waals surface area (Å²) in [6.45, 7) is 0.501. The highest BCUT2D eigenvalue weighted by molar-refractivity contribution is 8.00. The van der Waals surface area contributed by atoms with Crippen LogP contribution in [0, 0.1) is 17.5 Å². The minimum absolute atomic E-state index is 0.000422. The van der Waals surface area contributed by atoms with Crippen LogP contribution in [0.25, 0.3) is 0 Å². The molecule has 0 saturated carbocycles. The lowest BCUT2D eigenvalue weighted by atomic mass is 10.1. The van der Waals surface area contributed by atoms with E-state index < -0.39 is 17.5 Å². The van der Waals surface area contributed by atoms with E-state index in [0.29, 0.717) is 6.54 Å². The van der Waals surface area contributed by atoms with E-state index in [-0.39, 0.29) is 10.9 Å². The summed E-state index contributed by atoms with van der Waals surface area (Å²) in [5.74, 6) is -3.77. The summed E-state index contributed by atoms with van der Waals surface area (Å²) in [7, 11) is 0. The molecule has 2 aromatic carbocycles. The van der Waals surface area contributed by atoms with Crippen LogP contribution in [0.5, 0.6) is 0 Å². The Labute approximate surface area is 119 Å². The van der Waals surface area contributed by atoms with Crippen molar-refractivity contribution in [3.8, 4) is 0 Å². The van der Waals surface area contributed by atoms with Crippen LogP contribution < -0.4 is 5.32 Å². The molecular formula is C15H12F3NS. The van der Waals surface area contributed by atoms with Crippen molar-refractivity contribution >= 4 is 17.4 Å². The number of hydrogen-bond donors (Lipinski definition) is 1. The van der Waals surface area contributed by atoms with Gasteiger partial charge in [-0.1, -0.05) is 18.2 Å². The Morgan fingerprint density at radius 2 is 1.85 bits per heavy atom. The third kappa shape index (κ3) is 2.50. The number of thioether (sulfide) groups is 1. The van der Waals surface area contributed by atoms with Crippen molar-refractivity contribution in [1.29, 1.82) is 0 Å². The molecule has 1 aliphatic rings. The first kappa shape index (κ1) is 13.4. The maximum Gasteiger partial charge on any atom is 0.196 e. The Morgan fingerprint density at radius 3 is 2.65 bits per heavy atom. The molecule has 104 valence electrons. The predicted molar refractivity (Wildman–Crippen MR) is 74.6 cm³/mol. The maximum absolute atomic E-state index is 13.5. The lowest BCUT2D eigenvalue weighted by molar-refractivity contribution is 0.449. The molecule has 1 heterocycles. The molecule has 1 unspecified atom stereocenters. The molecular weight excluding hydrogens is 283 g/mol. The van der Waals surface area contributed by atoms with Crippen LogP contribution in [0.1, 0.15) is 5.56 Å². The molecule has 1 aliphatic heterocycles. The lowest BCUT2D eigenvalue weighted by Crippen LogP contribution is -2.17. The SMILES string of the molecule is Fc1ccc(NCC2Cc3ccccc3S2)c(F)c1F. The van der Waals surface area contributed by atoms with Gasteiger partial charge in [0, 0.05) is 16.7 Å². The third-order valence-electron chi connectivity index (χ3n) is 3.27. The first-order chi connectivity index (χ1) is 9.65. The molecule has 0 saturated heterocycles. The van der Waals surface area contributed by atoms with Crippen LogP contribution in [0.4, 0.5) is 18.9 Å². The molecule has 1 nitrogen and oxygen atoms in total. The fourth-order valence-electron chi connectivity index (χ4n) is 2.25. The van der Waals surface area contributed by atoms with Gasteiger partial charge in [-0.25, -0.2) is 13.2 Å². The van der Waals surface area contributed by atoms with Gasteiger partial charge in [0.2, 0.25) is 0 Å². The number of hydrogen-bond acceptors (Lipinski definition) is 2. The molecule has 0 fully saturated rings. The highest BCUT2D eigenvalue weighted by Crippen LogP contribution is 2.36. The van der Waals surface area contributed by atoms with Crippen LogP contribution in [-0.4, -0.2) is 11.8 Å². The molecule has 5 heteroatoms. The Kier molecular flexibility index (Phi) is 3.61. The number of nitrogens with one attached hydrogen (secondary N) is 1. The van der Waals surface area contributed by atoms with Crippen molar-refractivity contribution in [1.82, 2.24) is 0 Å². The summed E-state index contributed by atoms with van der Waals surface area (Å²) in [6.07, 6.45) is 0.888. The van der Waals surface area contributed by atoms with E-state index in [1.165, 1.54) is 16.5 Å². The smallest absolute Gasteiger partial charge is 0.196 e. The van der Waals surface area contributed by atoms with Crippen molar-refractivity contribution in [3.05, 3.63) is 59.4 Å². The molecule has 3 rings (SSSR count). The van der Waals surface area contributed by atoms with E-state index in [0.717, 1.165) is 12.5 Å². The van der Waals surface area contributed by atoms with Crippen molar-refractivity contribution < 1.29 is 13.2 Å². The Morgan fingerprint density at radius 1 is 1.05 bits per heavy atom. The third-order valence-corrected chi connectivity index (χ3v) is 4.59. The number of anilines is 1. The van der Waals surface area contributed by atoms with E-state index in [4.69, 9.17) is 0 Å². The first-order valence-electron chi connectivity index (χ1n) is 6.27. The van der Waals surface area contributed by atoms with Gasteiger partial charge < -0.3 is 5.32 Å². The Balaban J connectivity index is 1.66. The quantitative estimate of drug-likeness (QED) is 0.850. The van der Waals surface area contributed by atoms with Crippen LogP contribution in [0.2, 0.25) is 0 Å². The molecule has 0 aromatic heterocycles. The van der Waals surface area contributed by atoms with Crippen LogP contribution in [0.3, 0.4) is 0 Å². The van der Waals surface area contributed by atoms with Gasteiger partial charge in [0.15, 0.2) is 17.5 Å². The Bertz CT molecular complexity index is 620. The number of fused-ring (bicyclic) bond motifs is 1. The van der Waals surface area contributed by atoms with E-state index in [1.54, 1.807) is 11.8 Å². The zero-order chi connectivity index (χ0) is 14.1. The minimum atomic E-state index is -1.43.